The molecular weight excluding hydrogens is 442 g/mol. The smallest absolute Gasteiger partial charge is 0.387 e. The van der Waals surface area contributed by atoms with Gasteiger partial charge < -0.3 is 25.6 Å². The van der Waals surface area contributed by atoms with Crippen LogP contribution in [0.4, 0.5) is 31.8 Å². The maximum Gasteiger partial charge on any atom is 0.387 e. The number of hydrogen-bond acceptors (Lipinski definition) is 8. The van der Waals surface area contributed by atoms with Gasteiger partial charge >= 0.3 is 6.61 Å². The van der Waals surface area contributed by atoms with Gasteiger partial charge in [0.2, 0.25) is 5.95 Å². The lowest BCUT2D eigenvalue weighted by Gasteiger charge is -2.24. The Morgan fingerprint density at radius 3 is 2.79 bits per heavy atom. The summed E-state index contributed by atoms with van der Waals surface area (Å²) < 4.78 is 33.2. The van der Waals surface area contributed by atoms with E-state index in [-0.39, 0.29) is 17.4 Å². The van der Waals surface area contributed by atoms with Crippen molar-refractivity contribution in [3.8, 4) is 17.0 Å². The van der Waals surface area contributed by atoms with Gasteiger partial charge in [-0.05, 0) is 45.5 Å². The number of fused-ring (bicyclic) bond motifs is 1. The number of hydrogen-bond donors (Lipinski definition) is 2. The third-order valence-electron chi connectivity index (χ3n) is 5.80. The van der Waals surface area contributed by atoms with Crippen LogP contribution in [0.5, 0.6) is 5.75 Å². The molecule has 3 N–H and O–H groups in total. The van der Waals surface area contributed by atoms with E-state index in [4.69, 9.17) is 10.5 Å². The molecule has 0 saturated carbocycles. The highest BCUT2D eigenvalue weighted by molar-refractivity contribution is 5.79. The van der Waals surface area contributed by atoms with Crippen molar-refractivity contribution in [2.45, 2.75) is 32.4 Å². The van der Waals surface area contributed by atoms with Crippen molar-refractivity contribution in [3.63, 3.8) is 0 Å². The van der Waals surface area contributed by atoms with E-state index in [9.17, 15) is 8.78 Å². The second-order valence-electron chi connectivity index (χ2n) is 8.59. The van der Waals surface area contributed by atoms with Crippen LogP contribution in [-0.2, 0) is 13.0 Å². The predicted octanol–water partition coefficient (Wildman–Crippen LogP) is 3.60. The molecule has 0 atom stereocenters. The Hall–Kier alpha value is -3.47. The fourth-order valence-electron chi connectivity index (χ4n) is 4.00. The molecule has 0 unspecified atom stereocenters. The first-order valence-electron chi connectivity index (χ1n) is 11.2. The number of nitrogens with one attached hydrogen (secondary N) is 1. The molecule has 11 heteroatoms. The van der Waals surface area contributed by atoms with Crippen molar-refractivity contribution in [1.82, 2.24) is 24.6 Å². The molecule has 1 aliphatic rings. The summed E-state index contributed by atoms with van der Waals surface area (Å²) in [5.41, 5.74) is 10.4. The number of nitrogens with two attached hydrogens (primary N) is 1. The minimum atomic E-state index is -2.99. The largest absolute Gasteiger partial charge is 0.433 e. The van der Waals surface area contributed by atoms with Gasteiger partial charge in [-0.15, -0.1) is 0 Å². The highest BCUT2D eigenvalue weighted by atomic mass is 19.3. The van der Waals surface area contributed by atoms with Gasteiger partial charge in [0.1, 0.15) is 0 Å². The molecule has 0 radical (unpaired) electrons. The number of nitrogens with zero attached hydrogens (tertiary/aromatic N) is 6. The average molecular weight is 473 g/mol. The van der Waals surface area contributed by atoms with Gasteiger partial charge in [0.05, 0.1) is 29.0 Å². The molecule has 9 nitrogen and oxygen atoms in total. The van der Waals surface area contributed by atoms with Crippen molar-refractivity contribution < 1.29 is 13.5 Å². The summed E-state index contributed by atoms with van der Waals surface area (Å²) in [4.78, 5) is 12.8. The van der Waals surface area contributed by atoms with E-state index in [1.165, 1.54) is 6.07 Å². The Morgan fingerprint density at radius 1 is 1.21 bits per heavy atom. The van der Waals surface area contributed by atoms with Crippen molar-refractivity contribution in [2.75, 3.05) is 50.2 Å². The summed E-state index contributed by atoms with van der Waals surface area (Å²) in [6.45, 7) is -0.649. The van der Waals surface area contributed by atoms with Gasteiger partial charge in [0.15, 0.2) is 5.75 Å². The van der Waals surface area contributed by atoms with E-state index >= 15 is 0 Å². The molecule has 2 aromatic heterocycles. The summed E-state index contributed by atoms with van der Waals surface area (Å²) in [6.07, 6.45) is 6.59. The number of benzene rings is 1. The lowest BCUT2D eigenvalue weighted by atomic mass is 10.0. The number of alkyl halides is 2. The highest BCUT2D eigenvalue weighted by Crippen LogP contribution is 2.37. The molecule has 3 heterocycles. The number of aryl methyl sites for hydroxylation is 1. The molecule has 1 aromatic carbocycles. The number of nitrogen functional groups attached to an aromatic ring is 1. The van der Waals surface area contributed by atoms with Crippen molar-refractivity contribution >= 4 is 23.0 Å². The van der Waals surface area contributed by atoms with Crippen LogP contribution in [0, 0.1) is 0 Å². The van der Waals surface area contributed by atoms with E-state index in [2.05, 4.69) is 20.4 Å². The first-order valence-corrected chi connectivity index (χ1v) is 11.2. The molecule has 3 aromatic rings. The average Bonchev–Trinajstić information content (AvgIpc) is 3.23. The first kappa shape index (κ1) is 23.7. The zero-order valence-corrected chi connectivity index (χ0v) is 19.6. The van der Waals surface area contributed by atoms with Crippen LogP contribution < -0.4 is 20.7 Å². The molecular formula is C23H30F2N8O. The van der Waals surface area contributed by atoms with Crippen molar-refractivity contribution in [2.24, 2.45) is 0 Å². The zero-order chi connectivity index (χ0) is 24.2. The standard InChI is InChI=1S/C23H30F2N8O/c1-31(2)10-11-32(3)20-13-21(34-22(24)25)18(12-16(20)26)30-23-27-8-7-17(29-23)15-14-28-33-9-5-4-6-19(15)33/h7-8,12-14,22H,4-6,9-11,26H2,1-3H3,(H,27,29,30). The van der Waals surface area contributed by atoms with Crippen LogP contribution >= 0.6 is 0 Å². The quantitative estimate of drug-likeness (QED) is 0.456. The van der Waals surface area contributed by atoms with E-state index in [1.54, 1.807) is 12.3 Å². The fourth-order valence-corrected chi connectivity index (χ4v) is 4.00. The fraction of sp³-hybridized carbons (Fsp3) is 0.435. The van der Waals surface area contributed by atoms with Crippen molar-refractivity contribution in [1.29, 1.82) is 0 Å². The first-order chi connectivity index (χ1) is 16.3. The number of anilines is 4. The van der Waals surface area contributed by atoms with Crippen LogP contribution in [0.2, 0.25) is 0 Å². The van der Waals surface area contributed by atoms with Gasteiger partial charge in [-0.1, -0.05) is 0 Å². The van der Waals surface area contributed by atoms with Crippen LogP contribution in [0.1, 0.15) is 18.5 Å². The maximum absolute atomic E-state index is 13.2. The van der Waals surface area contributed by atoms with E-state index in [0.717, 1.165) is 43.6 Å². The molecule has 1 aliphatic heterocycles. The van der Waals surface area contributed by atoms with Crippen LogP contribution in [0.3, 0.4) is 0 Å². The molecule has 0 saturated heterocycles. The second-order valence-corrected chi connectivity index (χ2v) is 8.59. The SMILES string of the molecule is CN(C)CCN(C)c1cc(OC(F)F)c(Nc2nccc(-c3cnn4c3CCCC4)n2)cc1N. The molecule has 0 amide bonds. The summed E-state index contributed by atoms with van der Waals surface area (Å²) >= 11 is 0. The predicted molar refractivity (Wildman–Crippen MR) is 129 cm³/mol. The monoisotopic (exact) mass is 472 g/mol. The summed E-state index contributed by atoms with van der Waals surface area (Å²) in [5, 5.41) is 7.47. The Balaban J connectivity index is 1.62. The number of halogens is 2. The summed E-state index contributed by atoms with van der Waals surface area (Å²) in [7, 11) is 5.78. The van der Waals surface area contributed by atoms with Gasteiger partial charge in [-0.2, -0.15) is 13.9 Å². The minimum Gasteiger partial charge on any atom is -0.433 e. The number of ether oxygens (including phenoxy) is 1. The Morgan fingerprint density at radius 2 is 2.03 bits per heavy atom. The van der Waals surface area contributed by atoms with E-state index in [0.29, 0.717) is 23.6 Å². The maximum atomic E-state index is 13.2. The molecule has 0 spiro atoms. The lowest BCUT2D eigenvalue weighted by Crippen LogP contribution is -2.29. The van der Waals surface area contributed by atoms with Crippen LogP contribution in [0.25, 0.3) is 11.3 Å². The number of aromatic nitrogens is 4. The van der Waals surface area contributed by atoms with Crippen LogP contribution in [-0.4, -0.2) is 65.5 Å². The Bertz CT molecular complexity index is 1130. The van der Waals surface area contributed by atoms with Crippen LogP contribution in [0.15, 0.2) is 30.6 Å². The van der Waals surface area contributed by atoms with Gasteiger partial charge in [0.25, 0.3) is 0 Å². The summed E-state index contributed by atoms with van der Waals surface area (Å²) in [5.74, 6) is 0.216. The van der Waals surface area contributed by atoms with E-state index in [1.807, 2.05) is 47.9 Å². The second kappa shape index (κ2) is 10.2. The van der Waals surface area contributed by atoms with Gasteiger partial charge in [-0.3, -0.25) is 4.68 Å². The topological polar surface area (TPSA) is 97.4 Å². The lowest BCUT2D eigenvalue weighted by molar-refractivity contribution is -0.0493. The highest BCUT2D eigenvalue weighted by Gasteiger charge is 2.19. The minimum absolute atomic E-state index is 0.0344. The van der Waals surface area contributed by atoms with E-state index < -0.39 is 6.61 Å². The zero-order valence-electron chi connectivity index (χ0n) is 19.6. The molecule has 0 fully saturated rings. The Labute approximate surface area is 197 Å². The van der Waals surface area contributed by atoms with Crippen molar-refractivity contribution in [3.05, 3.63) is 36.3 Å². The molecule has 34 heavy (non-hydrogen) atoms. The summed E-state index contributed by atoms with van der Waals surface area (Å²) in [6, 6.07) is 4.89. The molecule has 0 bridgehead atoms. The molecule has 182 valence electrons. The number of rotatable bonds is 9. The Kier molecular flexibility index (Phi) is 7.11. The molecule has 0 aliphatic carbocycles. The number of likely N-dealkylation sites (N-methyl/N-ethyl adjacent to an activating group) is 2. The normalized spacial score (nSPS) is 13.3. The van der Waals surface area contributed by atoms with Gasteiger partial charge in [-0.25, -0.2) is 9.97 Å². The molecule has 4 rings (SSSR count). The third kappa shape index (κ3) is 5.36. The van der Waals surface area contributed by atoms with Gasteiger partial charge in [0, 0.05) is 50.2 Å². The third-order valence-corrected chi connectivity index (χ3v) is 5.80.